The van der Waals surface area contributed by atoms with Crippen LogP contribution in [0.4, 0.5) is 0 Å². The summed E-state index contributed by atoms with van der Waals surface area (Å²) in [5.41, 5.74) is 5.94. The fourth-order valence-corrected chi connectivity index (χ4v) is 4.10. The van der Waals surface area contributed by atoms with Gasteiger partial charge in [-0.3, -0.25) is 4.79 Å². The zero-order valence-electron chi connectivity index (χ0n) is 20.4. The van der Waals surface area contributed by atoms with Crippen LogP contribution in [0.5, 0.6) is 5.75 Å². The first kappa shape index (κ1) is 25.4. The van der Waals surface area contributed by atoms with Crippen molar-refractivity contribution in [1.82, 2.24) is 14.9 Å². The Balaban J connectivity index is 0.00000324. The lowest BCUT2D eigenvalue weighted by atomic mass is 9.98. The number of aromatic nitrogens is 2. The maximum Gasteiger partial charge on any atom is 0.251 e. The zero-order chi connectivity index (χ0) is 23.5. The van der Waals surface area contributed by atoms with Crippen LogP contribution in [0.2, 0.25) is 0 Å². The van der Waals surface area contributed by atoms with E-state index in [-0.39, 0.29) is 25.4 Å². The van der Waals surface area contributed by atoms with Crippen molar-refractivity contribution in [3.63, 3.8) is 0 Å². The van der Waals surface area contributed by atoms with Gasteiger partial charge in [0.15, 0.2) is 0 Å². The second-order valence-electron chi connectivity index (χ2n) is 8.82. The summed E-state index contributed by atoms with van der Waals surface area (Å²) in [5.74, 6) is 2.09. The monoisotopic (exact) mass is 475 g/mol. The highest BCUT2D eigenvalue weighted by molar-refractivity contribution is 7.59. The Bertz CT molecular complexity index is 1300. The minimum atomic E-state index is -0.0978. The Morgan fingerprint density at radius 2 is 1.74 bits per heavy atom. The van der Waals surface area contributed by atoms with Gasteiger partial charge in [-0.05, 0) is 66.8 Å². The van der Waals surface area contributed by atoms with Gasteiger partial charge in [0.1, 0.15) is 11.6 Å². The molecule has 0 saturated heterocycles. The lowest BCUT2D eigenvalue weighted by molar-refractivity contribution is 0.0940. The Labute approximate surface area is 208 Å². The van der Waals surface area contributed by atoms with Crippen molar-refractivity contribution in [2.24, 2.45) is 0 Å². The van der Waals surface area contributed by atoms with Crippen molar-refractivity contribution >= 4 is 30.4 Å². The molecule has 4 rings (SSSR count). The summed E-state index contributed by atoms with van der Waals surface area (Å²) in [6.45, 7) is 9.04. The highest BCUT2D eigenvalue weighted by Crippen LogP contribution is 2.23. The Hall–Kier alpha value is -3.25. The van der Waals surface area contributed by atoms with E-state index in [0.29, 0.717) is 18.0 Å². The number of carbonyl (C=O) groups excluding carboxylic acids is 1. The molecule has 0 aliphatic rings. The van der Waals surface area contributed by atoms with E-state index in [1.165, 1.54) is 5.56 Å². The molecule has 0 radical (unpaired) electrons. The number of rotatable bonds is 7. The molecule has 6 heteroatoms. The minimum Gasteiger partial charge on any atom is -0.497 e. The number of hydrogen-bond donors (Lipinski definition) is 1. The van der Waals surface area contributed by atoms with E-state index in [4.69, 9.17) is 9.72 Å². The molecule has 1 amide bonds. The number of ether oxygens (including phenoxy) is 1. The van der Waals surface area contributed by atoms with Crippen LogP contribution in [0.15, 0.2) is 66.7 Å². The predicted molar refractivity (Wildman–Crippen MR) is 143 cm³/mol. The van der Waals surface area contributed by atoms with Gasteiger partial charge < -0.3 is 14.6 Å². The van der Waals surface area contributed by atoms with Crippen molar-refractivity contribution in [3.8, 4) is 5.75 Å². The molecule has 0 aliphatic carbocycles. The van der Waals surface area contributed by atoms with E-state index in [9.17, 15) is 4.79 Å². The zero-order valence-corrected chi connectivity index (χ0v) is 21.4. The van der Waals surface area contributed by atoms with Crippen LogP contribution < -0.4 is 10.1 Å². The number of amides is 1. The van der Waals surface area contributed by atoms with Gasteiger partial charge in [0.05, 0.1) is 24.2 Å². The number of nitrogens with zero attached hydrogens (tertiary/aromatic N) is 2. The lowest BCUT2D eigenvalue weighted by Crippen LogP contribution is -2.26. The summed E-state index contributed by atoms with van der Waals surface area (Å²) in [6, 6.07) is 22.1. The second-order valence-corrected chi connectivity index (χ2v) is 8.82. The van der Waals surface area contributed by atoms with Crippen molar-refractivity contribution < 1.29 is 9.53 Å². The molecule has 34 heavy (non-hydrogen) atoms. The molecule has 1 N–H and O–H groups in total. The van der Waals surface area contributed by atoms with Crippen molar-refractivity contribution in [2.45, 2.75) is 46.2 Å². The average molecular weight is 476 g/mol. The van der Waals surface area contributed by atoms with E-state index in [1.807, 2.05) is 50.2 Å². The SMILES string of the molecule is COc1cccc(Cn2c(C)nc3cc(C(=O)N[C@@H](C)c4cccc(C(C)C)c4)ccc32)c1.S. The van der Waals surface area contributed by atoms with E-state index in [0.717, 1.165) is 33.7 Å². The third kappa shape index (κ3) is 5.45. The van der Waals surface area contributed by atoms with Crippen molar-refractivity contribution in [3.05, 3.63) is 94.8 Å². The summed E-state index contributed by atoms with van der Waals surface area (Å²) < 4.78 is 7.50. The molecule has 0 unspecified atom stereocenters. The normalized spacial score (nSPS) is 11.8. The summed E-state index contributed by atoms with van der Waals surface area (Å²) in [7, 11) is 1.67. The molecule has 0 aliphatic heterocycles. The number of aryl methyl sites for hydroxylation is 1. The van der Waals surface area contributed by atoms with E-state index in [1.54, 1.807) is 7.11 Å². The molecule has 0 spiro atoms. The maximum atomic E-state index is 13.0. The van der Waals surface area contributed by atoms with Gasteiger partial charge >= 0.3 is 0 Å². The van der Waals surface area contributed by atoms with Crippen LogP contribution in [0.25, 0.3) is 11.0 Å². The van der Waals surface area contributed by atoms with Gasteiger partial charge in [0.25, 0.3) is 5.91 Å². The van der Waals surface area contributed by atoms with E-state index >= 15 is 0 Å². The Morgan fingerprint density at radius 1 is 1.00 bits per heavy atom. The number of benzene rings is 3. The number of fused-ring (bicyclic) bond motifs is 1. The Kier molecular flexibility index (Phi) is 8.05. The van der Waals surface area contributed by atoms with Crippen LogP contribution in [0.1, 0.15) is 65.6 Å². The molecular weight excluding hydrogens is 442 g/mol. The third-order valence-electron chi connectivity index (χ3n) is 6.10. The molecule has 178 valence electrons. The smallest absolute Gasteiger partial charge is 0.251 e. The number of nitrogens with one attached hydrogen (secondary N) is 1. The van der Waals surface area contributed by atoms with Crippen LogP contribution in [0.3, 0.4) is 0 Å². The molecule has 0 fully saturated rings. The highest BCUT2D eigenvalue weighted by atomic mass is 32.1. The molecule has 0 saturated carbocycles. The largest absolute Gasteiger partial charge is 0.497 e. The van der Waals surface area contributed by atoms with E-state index < -0.39 is 0 Å². The molecule has 1 atom stereocenters. The number of imidazole rings is 1. The molecule has 3 aromatic carbocycles. The topological polar surface area (TPSA) is 56.2 Å². The van der Waals surface area contributed by atoms with Crippen LogP contribution in [-0.4, -0.2) is 22.6 Å². The van der Waals surface area contributed by atoms with Crippen LogP contribution in [0, 0.1) is 6.92 Å². The standard InChI is InChI=1S/C28H31N3O2.H2S/c1-18(2)22-9-7-10-23(15-22)19(3)29-28(32)24-12-13-27-26(16-24)30-20(4)31(27)17-21-8-6-11-25(14-21)33-5;/h6-16,18-19H,17H2,1-5H3,(H,29,32);1H2/t19-;/m0./s1. The molecule has 5 nitrogen and oxygen atoms in total. The first-order valence-corrected chi connectivity index (χ1v) is 11.4. The van der Waals surface area contributed by atoms with Crippen LogP contribution >= 0.6 is 13.5 Å². The molecular formula is C28H33N3O2S. The maximum absolute atomic E-state index is 13.0. The van der Waals surface area contributed by atoms with Crippen molar-refractivity contribution in [1.29, 1.82) is 0 Å². The first-order chi connectivity index (χ1) is 15.9. The predicted octanol–water partition coefficient (Wildman–Crippen LogP) is 6.13. The molecule has 4 aromatic rings. The van der Waals surface area contributed by atoms with Gasteiger partial charge in [0, 0.05) is 12.1 Å². The van der Waals surface area contributed by atoms with Gasteiger partial charge in [0.2, 0.25) is 0 Å². The Morgan fingerprint density at radius 3 is 2.47 bits per heavy atom. The van der Waals surface area contributed by atoms with Crippen LogP contribution in [-0.2, 0) is 6.54 Å². The lowest BCUT2D eigenvalue weighted by Gasteiger charge is -2.16. The molecule has 1 heterocycles. The number of carbonyl (C=O) groups is 1. The average Bonchev–Trinajstić information content (AvgIpc) is 3.13. The van der Waals surface area contributed by atoms with Gasteiger partial charge in [-0.2, -0.15) is 13.5 Å². The summed E-state index contributed by atoms with van der Waals surface area (Å²) in [5, 5.41) is 3.13. The third-order valence-corrected chi connectivity index (χ3v) is 6.10. The second kappa shape index (κ2) is 10.8. The first-order valence-electron chi connectivity index (χ1n) is 11.4. The van der Waals surface area contributed by atoms with E-state index in [2.05, 4.69) is 54.1 Å². The summed E-state index contributed by atoms with van der Waals surface area (Å²) in [6.07, 6.45) is 0. The number of hydrogen-bond acceptors (Lipinski definition) is 3. The minimum absolute atomic E-state index is 0. The van der Waals surface area contributed by atoms with Gasteiger partial charge in [-0.1, -0.05) is 50.2 Å². The number of methoxy groups -OCH3 is 1. The fourth-order valence-electron chi connectivity index (χ4n) is 4.10. The van der Waals surface area contributed by atoms with Crippen molar-refractivity contribution in [2.75, 3.05) is 7.11 Å². The van der Waals surface area contributed by atoms with Gasteiger partial charge in [-0.15, -0.1) is 0 Å². The highest BCUT2D eigenvalue weighted by Gasteiger charge is 2.15. The summed E-state index contributed by atoms with van der Waals surface area (Å²) >= 11 is 0. The molecule has 1 aromatic heterocycles. The quantitative estimate of drug-likeness (QED) is 0.350. The summed E-state index contributed by atoms with van der Waals surface area (Å²) in [4.78, 5) is 17.7. The van der Waals surface area contributed by atoms with Gasteiger partial charge in [-0.25, -0.2) is 4.98 Å². The molecule has 0 bridgehead atoms. The fraction of sp³-hybridized carbons (Fsp3) is 0.286.